The lowest BCUT2D eigenvalue weighted by Gasteiger charge is -2.30. The van der Waals surface area contributed by atoms with Crippen molar-refractivity contribution < 1.29 is 4.79 Å². The van der Waals surface area contributed by atoms with Crippen LogP contribution in [-0.2, 0) is 4.79 Å². The van der Waals surface area contributed by atoms with E-state index in [1.165, 1.54) is 0 Å². The highest BCUT2D eigenvalue weighted by molar-refractivity contribution is 6.00. The smallest absolute Gasteiger partial charge is 0.246 e. The van der Waals surface area contributed by atoms with Gasteiger partial charge < -0.3 is 10.2 Å². The standard InChI is InChI=1S/C15H19N3O/c1-11-7-8-18(14(19)15(2,3)17-11)13-6-4-5-12(9-13)10-16/h4-6,9,11,17H,7-8H2,1-3H3. The van der Waals surface area contributed by atoms with Gasteiger partial charge in [-0.25, -0.2) is 0 Å². The van der Waals surface area contributed by atoms with Crippen molar-refractivity contribution in [2.24, 2.45) is 0 Å². The van der Waals surface area contributed by atoms with Crippen molar-refractivity contribution in [2.45, 2.75) is 38.8 Å². The van der Waals surface area contributed by atoms with Crippen LogP contribution >= 0.6 is 0 Å². The van der Waals surface area contributed by atoms with Gasteiger partial charge in [0.25, 0.3) is 0 Å². The van der Waals surface area contributed by atoms with Crippen molar-refractivity contribution >= 4 is 11.6 Å². The molecule has 1 heterocycles. The molecule has 0 saturated carbocycles. The molecular formula is C15H19N3O. The summed E-state index contributed by atoms with van der Waals surface area (Å²) in [7, 11) is 0. The number of nitrogens with one attached hydrogen (secondary N) is 1. The minimum absolute atomic E-state index is 0.0481. The van der Waals surface area contributed by atoms with E-state index in [1.807, 2.05) is 26.0 Å². The maximum Gasteiger partial charge on any atom is 0.246 e. The Morgan fingerprint density at radius 3 is 2.89 bits per heavy atom. The molecule has 4 heteroatoms. The van der Waals surface area contributed by atoms with Crippen LogP contribution < -0.4 is 10.2 Å². The molecule has 0 spiro atoms. The third-order valence-electron chi connectivity index (χ3n) is 3.46. The van der Waals surface area contributed by atoms with Crippen molar-refractivity contribution in [3.05, 3.63) is 29.8 Å². The van der Waals surface area contributed by atoms with E-state index >= 15 is 0 Å². The van der Waals surface area contributed by atoms with Gasteiger partial charge in [0.05, 0.1) is 17.2 Å². The molecule has 1 unspecified atom stereocenters. The first-order valence-corrected chi connectivity index (χ1v) is 6.54. The van der Waals surface area contributed by atoms with E-state index in [0.29, 0.717) is 18.2 Å². The summed E-state index contributed by atoms with van der Waals surface area (Å²) in [5, 5.41) is 12.3. The number of carbonyl (C=O) groups excluding carboxylic acids is 1. The quantitative estimate of drug-likeness (QED) is 0.837. The van der Waals surface area contributed by atoms with Crippen molar-refractivity contribution in [1.82, 2.24) is 5.32 Å². The molecule has 1 aromatic rings. The average Bonchev–Trinajstić information content (AvgIpc) is 2.47. The molecule has 1 fully saturated rings. The summed E-state index contributed by atoms with van der Waals surface area (Å²) in [6.07, 6.45) is 0.895. The number of benzene rings is 1. The highest BCUT2D eigenvalue weighted by Gasteiger charge is 2.36. The lowest BCUT2D eigenvalue weighted by atomic mass is 10.0. The highest BCUT2D eigenvalue weighted by Crippen LogP contribution is 2.23. The van der Waals surface area contributed by atoms with Crippen LogP contribution in [0.4, 0.5) is 5.69 Å². The van der Waals surface area contributed by atoms with E-state index in [1.54, 1.807) is 17.0 Å². The van der Waals surface area contributed by atoms with Gasteiger partial charge in [0.1, 0.15) is 0 Å². The van der Waals surface area contributed by atoms with Crippen LogP contribution in [0.15, 0.2) is 24.3 Å². The molecule has 2 rings (SSSR count). The largest absolute Gasteiger partial charge is 0.311 e. The Labute approximate surface area is 114 Å². The van der Waals surface area contributed by atoms with E-state index in [9.17, 15) is 4.79 Å². The van der Waals surface area contributed by atoms with Crippen molar-refractivity contribution in [2.75, 3.05) is 11.4 Å². The monoisotopic (exact) mass is 257 g/mol. The summed E-state index contributed by atoms with van der Waals surface area (Å²) in [5.74, 6) is 0.0481. The summed E-state index contributed by atoms with van der Waals surface area (Å²) < 4.78 is 0. The molecular weight excluding hydrogens is 238 g/mol. The maximum atomic E-state index is 12.6. The van der Waals surface area contributed by atoms with E-state index in [4.69, 9.17) is 5.26 Å². The minimum Gasteiger partial charge on any atom is -0.311 e. The summed E-state index contributed by atoms with van der Waals surface area (Å²) >= 11 is 0. The number of hydrogen-bond donors (Lipinski definition) is 1. The predicted molar refractivity (Wildman–Crippen MR) is 74.8 cm³/mol. The number of nitrogens with zero attached hydrogens (tertiary/aromatic N) is 2. The molecule has 1 amide bonds. The van der Waals surface area contributed by atoms with Gasteiger partial charge >= 0.3 is 0 Å². The topological polar surface area (TPSA) is 56.1 Å². The molecule has 1 aliphatic rings. The number of hydrogen-bond acceptors (Lipinski definition) is 3. The van der Waals surface area contributed by atoms with Crippen LogP contribution in [0.3, 0.4) is 0 Å². The maximum absolute atomic E-state index is 12.6. The minimum atomic E-state index is -0.585. The number of carbonyl (C=O) groups is 1. The first kappa shape index (κ1) is 13.6. The van der Waals surface area contributed by atoms with Gasteiger partial charge in [0, 0.05) is 18.3 Å². The molecule has 1 aliphatic heterocycles. The first-order valence-electron chi connectivity index (χ1n) is 6.54. The van der Waals surface area contributed by atoms with Gasteiger partial charge in [-0.15, -0.1) is 0 Å². The van der Waals surface area contributed by atoms with Gasteiger partial charge in [-0.05, 0) is 45.4 Å². The summed E-state index contributed by atoms with van der Waals surface area (Å²) in [6, 6.07) is 9.62. The molecule has 0 bridgehead atoms. The molecule has 0 aliphatic carbocycles. The zero-order valence-corrected chi connectivity index (χ0v) is 11.6. The third-order valence-corrected chi connectivity index (χ3v) is 3.46. The molecule has 1 atom stereocenters. The fourth-order valence-corrected chi connectivity index (χ4v) is 2.50. The fourth-order valence-electron chi connectivity index (χ4n) is 2.50. The molecule has 19 heavy (non-hydrogen) atoms. The molecule has 0 radical (unpaired) electrons. The summed E-state index contributed by atoms with van der Waals surface area (Å²) in [4.78, 5) is 14.4. The Balaban J connectivity index is 2.37. The average molecular weight is 257 g/mol. The van der Waals surface area contributed by atoms with Crippen LogP contribution in [-0.4, -0.2) is 24.0 Å². The van der Waals surface area contributed by atoms with Gasteiger partial charge in [0.2, 0.25) is 5.91 Å². The Hall–Kier alpha value is -1.86. The Kier molecular flexibility index (Phi) is 3.59. The van der Waals surface area contributed by atoms with Crippen LogP contribution in [0.2, 0.25) is 0 Å². The highest BCUT2D eigenvalue weighted by atomic mass is 16.2. The van der Waals surface area contributed by atoms with Crippen molar-refractivity contribution in [1.29, 1.82) is 5.26 Å². The van der Waals surface area contributed by atoms with Crippen molar-refractivity contribution in [3.63, 3.8) is 0 Å². The van der Waals surface area contributed by atoms with E-state index < -0.39 is 5.54 Å². The lowest BCUT2D eigenvalue weighted by molar-refractivity contribution is -0.123. The predicted octanol–water partition coefficient (Wildman–Crippen LogP) is 2.05. The molecule has 1 saturated heterocycles. The van der Waals surface area contributed by atoms with E-state index in [2.05, 4.69) is 18.3 Å². The Bertz CT molecular complexity index is 530. The van der Waals surface area contributed by atoms with E-state index in [-0.39, 0.29) is 5.91 Å². The number of rotatable bonds is 1. The second-order valence-electron chi connectivity index (χ2n) is 5.58. The summed E-state index contributed by atoms with van der Waals surface area (Å²) in [6.45, 7) is 6.56. The zero-order valence-electron chi connectivity index (χ0n) is 11.6. The summed E-state index contributed by atoms with van der Waals surface area (Å²) in [5.41, 5.74) is 0.792. The number of anilines is 1. The normalized spacial score (nSPS) is 22.7. The Morgan fingerprint density at radius 2 is 2.21 bits per heavy atom. The molecule has 100 valence electrons. The van der Waals surface area contributed by atoms with Crippen molar-refractivity contribution in [3.8, 4) is 6.07 Å². The lowest BCUT2D eigenvalue weighted by Crippen LogP contribution is -2.53. The van der Waals surface area contributed by atoms with Crippen LogP contribution in [0.5, 0.6) is 0 Å². The molecule has 0 aromatic heterocycles. The number of amides is 1. The van der Waals surface area contributed by atoms with Gasteiger partial charge in [0.15, 0.2) is 0 Å². The third kappa shape index (κ3) is 2.77. The number of nitriles is 1. The first-order chi connectivity index (χ1) is 8.94. The molecule has 1 aromatic carbocycles. The van der Waals surface area contributed by atoms with Gasteiger partial charge in [-0.1, -0.05) is 6.07 Å². The SMILES string of the molecule is CC1CCN(c2cccc(C#N)c2)C(=O)C(C)(C)N1. The van der Waals surface area contributed by atoms with Crippen LogP contribution in [0.1, 0.15) is 32.8 Å². The zero-order chi connectivity index (χ0) is 14.0. The van der Waals surface area contributed by atoms with Gasteiger partial charge in [-0.3, -0.25) is 4.79 Å². The molecule has 1 N–H and O–H groups in total. The van der Waals surface area contributed by atoms with Gasteiger partial charge in [-0.2, -0.15) is 5.26 Å². The second kappa shape index (κ2) is 5.02. The Morgan fingerprint density at radius 1 is 1.47 bits per heavy atom. The molecule has 4 nitrogen and oxygen atoms in total. The second-order valence-corrected chi connectivity index (χ2v) is 5.58. The fraction of sp³-hybridized carbons (Fsp3) is 0.467. The van der Waals surface area contributed by atoms with Crippen LogP contribution in [0, 0.1) is 11.3 Å². The van der Waals surface area contributed by atoms with Crippen LogP contribution in [0.25, 0.3) is 0 Å². The van der Waals surface area contributed by atoms with E-state index in [0.717, 1.165) is 12.1 Å².